The van der Waals surface area contributed by atoms with Gasteiger partial charge in [-0.3, -0.25) is 0 Å². The van der Waals surface area contributed by atoms with Crippen LogP contribution < -0.4 is 10.6 Å². The standard InChI is InChI=1S/C23H40N4/c1-6-10-12-19(8-3)16-25-22-14-18(5)21(15-24)23(27-22)26-17-20(9-4)13-11-7-2/h14,19-20H,6-13,16-17H2,1-5H3,(H2,25,26,27). The number of nitriles is 1. The van der Waals surface area contributed by atoms with Crippen molar-refractivity contribution in [1.82, 2.24) is 4.98 Å². The Labute approximate surface area is 167 Å². The van der Waals surface area contributed by atoms with Crippen LogP contribution in [0.1, 0.15) is 90.2 Å². The number of unbranched alkanes of at least 4 members (excludes halogenated alkanes) is 2. The Kier molecular flexibility index (Phi) is 11.6. The molecule has 1 rings (SSSR count). The van der Waals surface area contributed by atoms with Gasteiger partial charge in [-0.25, -0.2) is 4.98 Å². The lowest BCUT2D eigenvalue weighted by Crippen LogP contribution is -2.18. The molecule has 4 heteroatoms. The van der Waals surface area contributed by atoms with Gasteiger partial charge in [-0.15, -0.1) is 0 Å². The first-order chi connectivity index (χ1) is 13.1. The number of aromatic nitrogens is 1. The third-order valence-electron chi connectivity index (χ3n) is 5.55. The van der Waals surface area contributed by atoms with E-state index >= 15 is 0 Å². The fraction of sp³-hybridized carbons (Fsp3) is 0.739. The molecule has 0 aromatic carbocycles. The first-order valence-electron chi connectivity index (χ1n) is 11.0. The summed E-state index contributed by atoms with van der Waals surface area (Å²) in [6.45, 7) is 12.8. The van der Waals surface area contributed by atoms with Crippen molar-refractivity contribution >= 4 is 11.6 Å². The summed E-state index contributed by atoms with van der Waals surface area (Å²) in [6, 6.07) is 4.33. The average molecular weight is 373 g/mol. The number of nitrogens with zero attached hydrogens (tertiary/aromatic N) is 2. The van der Waals surface area contributed by atoms with Crippen LogP contribution in [0.15, 0.2) is 6.07 Å². The second kappa shape index (κ2) is 13.4. The van der Waals surface area contributed by atoms with Crippen molar-refractivity contribution in [1.29, 1.82) is 5.26 Å². The highest BCUT2D eigenvalue weighted by Gasteiger charge is 2.13. The molecule has 0 aliphatic carbocycles. The van der Waals surface area contributed by atoms with Crippen LogP contribution in [-0.2, 0) is 0 Å². The number of anilines is 2. The SMILES string of the molecule is CCCCC(CC)CNc1cc(C)c(C#N)c(NCC(CC)CCCC)n1. The average Bonchev–Trinajstić information content (AvgIpc) is 2.68. The normalized spacial score (nSPS) is 13.0. The minimum absolute atomic E-state index is 0.633. The molecule has 2 N–H and O–H groups in total. The first kappa shape index (κ1) is 23.3. The van der Waals surface area contributed by atoms with E-state index in [2.05, 4.69) is 44.4 Å². The topological polar surface area (TPSA) is 60.7 Å². The summed E-state index contributed by atoms with van der Waals surface area (Å²) in [5.41, 5.74) is 1.66. The molecular formula is C23H40N4. The highest BCUT2D eigenvalue weighted by Crippen LogP contribution is 2.23. The van der Waals surface area contributed by atoms with E-state index in [1.165, 1.54) is 44.9 Å². The van der Waals surface area contributed by atoms with Crippen molar-refractivity contribution in [2.45, 2.75) is 86.0 Å². The Balaban J connectivity index is 2.80. The molecule has 0 fully saturated rings. The maximum atomic E-state index is 9.56. The quantitative estimate of drug-likeness (QED) is 0.390. The Bertz CT molecular complexity index is 576. The van der Waals surface area contributed by atoms with E-state index in [9.17, 15) is 5.26 Å². The molecule has 4 nitrogen and oxygen atoms in total. The molecule has 1 aromatic rings. The monoisotopic (exact) mass is 372 g/mol. The van der Waals surface area contributed by atoms with Gasteiger partial charge < -0.3 is 10.6 Å². The van der Waals surface area contributed by atoms with Crippen LogP contribution in [0.3, 0.4) is 0 Å². The predicted molar refractivity (Wildman–Crippen MR) is 117 cm³/mol. The first-order valence-corrected chi connectivity index (χ1v) is 11.0. The van der Waals surface area contributed by atoms with Gasteiger partial charge in [0.1, 0.15) is 17.7 Å². The Morgan fingerprint density at radius 3 is 2.00 bits per heavy atom. The number of hydrogen-bond acceptors (Lipinski definition) is 4. The van der Waals surface area contributed by atoms with Crippen LogP contribution in [-0.4, -0.2) is 18.1 Å². The van der Waals surface area contributed by atoms with E-state index in [0.717, 1.165) is 36.7 Å². The zero-order valence-corrected chi connectivity index (χ0v) is 18.2. The number of pyridine rings is 1. The minimum Gasteiger partial charge on any atom is -0.370 e. The molecule has 152 valence electrons. The van der Waals surface area contributed by atoms with Gasteiger partial charge >= 0.3 is 0 Å². The summed E-state index contributed by atoms with van der Waals surface area (Å²) in [5.74, 6) is 2.92. The van der Waals surface area contributed by atoms with Crippen molar-refractivity contribution in [3.05, 3.63) is 17.2 Å². The molecule has 2 atom stereocenters. The molecule has 27 heavy (non-hydrogen) atoms. The molecule has 0 amide bonds. The zero-order chi connectivity index (χ0) is 20.1. The van der Waals surface area contributed by atoms with Gasteiger partial charge in [0.2, 0.25) is 0 Å². The van der Waals surface area contributed by atoms with Crippen LogP contribution in [0.5, 0.6) is 0 Å². The molecule has 0 radical (unpaired) electrons. The zero-order valence-electron chi connectivity index (χ0n) is 18.2. The number of rotatable bonds is 14. The lowest BCUT2D eigenvalue weighted by molar-refractivity contribution is 0.471. The molecule has 1 aromatic heterocycles. The van der Waals surface area contributed by atoms with Gasteiger partial charge in [0.25, 0.3) is 0 Å². The smallest absolute Gasteiger partial charge is 0.146 e. The third kappa shape index (κ3) is 8.20. The fourth-order valence-corrected chi connectivity index (χ4v) is 3.41. The summed E-state index contributed by atoms with van der Waals surface area (Å²) in [7, 11) is 0. The highest BCUT2D eigenvalue weighted by molar-refractivity contribution is 5.60. The van der Waals surface area contributed by atoms with Crippen molar-refractivity contribution < 1.29 is 0 Å². The van der Waals surface area contributed by atoms with Crippen LogP contribution in [0.4, 0.5) is 11.6 Å². The largest absolute Gasteiger partial charge is 0.370 e. The summed E-state index contributed by atoms with van der Waals surface area (Å²) in [6.07, 6.45) is 9.84. The molecule has 0 saturated heterocycles. The number of nitrogens with one attached hydrogen (secondary N) is 2. The summed E-state index contributed by atoms with van der Waals surface area (Å²) < 4.78 is 0. The molecule has 0 aliphatic rings. The van der Waals surface area contributed by atoms with E-state index in [1.807, 2.05) is 13.0 Å². The number of aryl methyl sites for hydroxylation is 1. The molecule has 0 saturated carbocycles. The van der Waals surface area contributed by atoms with E-state index in [4.69, 9.17) is 4.98 Å². The van der Waals surface area contributed by atoms with Crippen LogP contribution in [0, 0.1) is 30.1 Å². The molecule has 0 bridgehead atoms. The maximum Gasteiger partial charge on any atom is 0.146 e. The van der Waals surface area contributed by atoms with E-state index in [1.54, 1.807) is 0 Å². The Morgan fingerprint density at radius 2 is 1.52 bits per heavy atom. The molecule has 2 unspecified atom stereocenters. The van der Waals surface area contributed by atoms with Crippen molar-refractivity contribution in [3.63, 3.8) is 0 Å². The second-order valence-corrected chi connectivity index (χ2v) is 7.75. The van der Waals surface area contributed by atoms with E-state index < -0.39 is 0 Å². The summed E-state index contributed by atoms with van der Waals surface area (Å²) in [4.78, 5) is 4.73. The van der Waals surface area contributed by atoms with Crippen LogP contribution in [0.25, 0.3) is 0 Å². The maximum absolute atomic E-state index is 9.56. The van der Waals surface area contributed by atoms with Gasteiger partial charge in [0.05, 0.1) is 5.56 Å². The molecule has 0 aliphatic heterocycles. The number of hydrogen-bond donors (Lipinski definition) is 2. The Morgan fingerprint density at radius 1 is 0.963 bits per heavy atom. The van der Waals surface area contributed by atoms with Crippen molar-refractivity contribution in [2.75, 3.05) is 23.7 Å². The second-order valence-electron chi connectivity index (χ2n) is 7.75. The minimum atomic E-state index is 0.633. The van der Waals surface area contributed by atoms with Crippen LogP contribution in [0.2, 0.25) is 0 Å². The predicted octanol–water partition coefficient (Wildman–Crippen LogP) is 6.52. The molecule has 0 spiro atoms. The summed E-state index contributed by atoms with van der Waals surface area (Å²) >= 11 is 0. The lowest BCUT2D eigenvalue weighted by Gasteiger charge is -2.19. The van der Waals surface area contributed by atoms with Gasteiger partial charge in [-0.05, 0) is 43.2 Å². The third-order valence-corrected chi connectivity index (χ3v) is 5.55. The van der Waals surface area contributed by atoms with Gasteiger partial charge in [-0.1, -0.05) is 66.2 Å². The van der Waals surface area contributed by atoms with Gasteiger partial charge in [-0.2, -0.15) is 5.26 Å². The highest BCUT2D eigenvalue weighted by atomic mass is 15.1. The summed E-state index contributed by atoms with van der Waals surface area (Å²) in [5, 5.41) is 16.5. The van der Waals surface area contributed by atoms with Crippen molar-refractivity contribution in [2.24, 2.45) is 11.8 Å². The van der Waals surface area contributed by atoms with Crippen molar-refractivity contribution in [3.8, 4) is 6.07 Å². The fourth-order valence-electron chi connectivity index (χ4n) is 3.41. The van der Waals surface area contributed by atoms with Crippen LogP contribution >= 0.6 is 0 Å². The van der Waals surface area contributed by atoms with Gasteiger partial charge in [0, 0.05) is 13.1 Å². The van der Waals surface area contributed by atoms with E-state index in [-0.39, 0.29) is 0 Å². The Hall–Kier alpha value is -1.76. The molecular weight excluding hydrogens is 332 g/mol. The van der Waals surface area contributed by atoms with E-state index in [0.29, 0.717) is 17.4 Å². The lowest BCUT2D eigenvalue weighted by atomic mass is 9.99. The molecule has 1 heterocycles. The van der Waals surface area contributed by atoms with Gasteiger partial charge in [0.15, 0.2) is 0 Å².